The van der Waals surface area contributed by atoms with E-state index in [4.69, 9.17) is 10.5 Å². The van der Waals surface area contributed by atoms with Crippen molar-refractivity contribution in [2.45, 2.75) is 51.4 Å². The summed E-state index contributed by atoms with van der Waals surface area (Å²) in [7, 11) is 3.61. The maximum absolute atomic E-state index is 11.2. The average molecular weight is 382 g/mol. The van der Waals surface area contributed by atoms with Crippen molar-refractivity contribution in [2.24, 2.45) is 22.1 Å². The van der Waals surface area contributed by atoms with Crippen molar-refractivity contribution in [3.63, 3.8) is 0 Å². The van der Waals surface area contributed by atoms with Gasteiger partial charge in [0.1, 0.15) is 0 Å². The van der Waals surface area contributed by atoms with Gasteiger partial charge in [0, 0.05) is 39.8 Å². The molecule has 1 aliphatic heterocycles. The van der Waals surface area contributed by atoms with Crippen LogP contribution in [0.5, 0.6) is 0 Å². The molecule has 0 bridgehead atoms. The van der Waals surface area contributed by atoms with Gasteiger partial charge in [0.2, 0.25) is 5.91 Å². The summed E-state index contributed by atoms with van der Waals surface area (Å²) in [5.41, 5.74) is 5.79. The molecule has 0 aromatic carbocycles. The molecule has 156 valence electrons. The summed E-state index contributed by atoms with van der Waals surface area (Å²) in [6.45, 7) is 5.83. The first kappa shape index (κ1) is 22.0. The molecule has 0 unspecified atom stereocenters. The van der Waals surface area contributed by atoms with E-state index in [-0.39, 0.29) is 11.8 Å². The number of aliphatic imine (C=N–C) groups is 1. The molecule has 4 N–H and O–H groups in total. The number of unbranched alkanes of at least 4 members (excludes halogenated alkanes) is 1. The standard InChI is InChI=1S/C20H39N5O2/c1-22-19(24-16-20(8-5-9-20)10-15-27-2)23-11-3-4-12-25-13-6-17(7-14-25)18(21)26/h17H,3-16H2,1-2H3,(H2,21,26)(H2,22,23,24). The highest BCUT2D eigenvalue weighted by Gasteiger charge is 2.36. The summed E-state index contributed by atoms with van der Waals surface area (Å²) in [6.07, 6.45) is 9.12. The fourth-order valence-electron chi connectivity index (χ4n) is 4.11. The number of carbonyl (C=O) groups is 1. The Hall–Kier alpha value is -1.34. The molecule has 0 radical (unpaired) electrons. The predicted octanol–water partition coefficient (Wildman–Crippen LogP) is 1.34. The first-order chi connectivity index (χ1) is 13.1. The number of hydrogen-bond donors (Lipinski definition) is 3. The minimum absolute atomic E-state index is 0.0835. The fraction of sp³-hybridized carbons (Fsp3) is 0.900. The van der Waals surface area contributed by atoms with E-state index in [0.29, 0.717) is 5.41 Å². The number of primary amides is 1. The maximum atomic E-state index is 11.2. The zero-order chi connectivity index (χ0) is 19.5. The molecule has 0 aromatic rings. The van der Waals surface area contributed by atoms with Crippen LogP contribution in [-0.4, -0.2) is 70.3 Å². The van der Waals surface area contributed by atoms with Crippen LogP contribution in [0.15, 0.2) is 4.99 Å². The Morgan fingerprint density at radius 3 is 2.56 bits per heavy atom. The Kier molecular flexibility index (Phi) is 9.34. The van der Waals surface area contributed by atoms with E-state index >= 15 is 0 Å². The minimum Gasteiger partial charge on any atom is -0.385 e. The second-order valence-corrected chi connectivity index (χ2v) is 8.17. The summed E-state index contributed by atoms with van der Waals surface area (Å²) in [4.78, 5) is 18.0. The Morgan fingerprint density at radius 1 is 1.26 bits per heavy atom. The molecule has 1 heterocycles. The first-order valence-corrected chi connectivity index (χ1v) is 10.5. The lowest BCUT2D eigenvalue weighted by molar-refractivity contribution is -0.123. The molecule has 1 amide bonds. The second-order valence-electron chi connectivity index (χ2n) is 8.17. The van der Waals surface area contributed by atoms with Crippen molar-refractivity contribution in [3.05, 3.63) is 0 Å². The van der Waals surface area contributed by atoms with Crippen LogP contribution in [0.25, 0.3) is 0 Å². The van der Waals surface area contributed by atoms with E-state index in [0.717, 1.165) is 77.4 Å². The van der Waals surface area contributed by atoms with Gasteiger partial charge in [0.05, 0.1) is 0 Å². The lowest BCUT2D eigenvalue weighted by Gasteiger charge is -2.42. The molecular formula is C20H39N5O2. The molecular weight excluding hydrogens is 342 g/mol. The van der Waals surface area contributed by atoms with Crippen molar-refractivity contribution < 1.29 is 9.53 Å². The van der Waals surface area contributed by atoms with Crippen molar-refractivity contribution in [1.29, 1.82) is 0 Å². The summed E-state index contributed by atoms with van der Waals surface area (Å²) >= 11 is 0. The van der Waals surface area contributed by atoms with E-state index in [2.05, 4.69) is 20.5 Å². The summed E-state index contributed by atoms with van der Waals surface area (Å²) in [5.74, 6) is 0.852. The number of likely N-dealkylation sites (tertiary alicyclic amines) is 1. The van der Waals surface area contributed by atoms with Crippen LogP contribution in [0.4, 0.5) is 0 Å². The van der Waals surface area contributed by atoms with E-state index in [1.807, 2.05) is 7.05 Å². The van der Waals surface area contributed by atoms with E-state index < -0.39 is 0 Å². The van der Waals surface area contributed by atoms with Gasteiger partial charge >= 0.3 is 0 Å². The van der Waals surface area contributed by atoms with Crippen LogP contribution in [-0.2, 0) is 9.53 Å². The number of carbonyl (C=O) groups excluding carboxylic acids is 1. The average Bonchev–Trinajstić information content (AvgIpc) is 2.65. The quantitative estimate of drug-likeness (QED) is 0.285. The van der Waals surface area contributed by atoms with Crippen molar-refractivity contribution in [2.75, 3.05) is 53.5 Å². The number of nitrogens with two attached hydrogens (primary N) is 1. The molecule has 0 atom stereocenters. The molecule has 2 aliphatic rings. The number of ether oxygens (including phenoxy) is 1. The van der Waals surface area contributed by atoms with Gasteiger partial charge in [-0.2, -0.15) is 0 Å². The van der Waals surface area contributed by atoms with Gasteiger partial charge in [0.25, 0.3) is 0 Å². The van der Waals surface area contributed by atoms with Gasteiger partial charge < -0.3 is 26.0 Å². The molecule has 0 spiro atoms. The number of rotatable bonds is 11. The molecule has 1 saturated heterocycles. The highest BCUT2D eigenvalue weighted by molar-refractivity contribution is 5.79. The number of guanidine groups is 1. The number of amides is 1. The minimum atomic E-state index is -0.136. The van der Waals surface area contributed by atoms with E-state index in [1.54, 1.807) is 7.11 Å². The van der Waals surface area contributed by atoms with E-state index in [1.165, 1.54) is 19.3 Å². The SMILES string of the molecule is CN=C(NCCCCN1CCC(C(N)=O)CC1)NCC1(CCOC)CCC1. The van der Waals surface area contributed by atoms with Crippen molar-refractivity contribution >= 4 is 11.9 Å². The maximum Gasteiger partial charge on any atom is 0.220 e. The number of nitrogens with zero attached hydrogens (tertiary/aromatic N) is 2. The summed E-state index contributed by atoms with van der Waals surface area (Å²) < 4.78 is 5.27. The lowest BCUT2D eigenvalue weighted by atomic mass is 9.67. The lowest BCUT2D eigenvalue weighted by Crippen LogP contribution is -2.47. The van der Waals surface area contributed by atoms with Crippen LogP contribution < -0.4 is 16.4 Å². The Morgan fingerprint density at radius 2 is 2.00 bits per heavy atom. The van der Waals surface area contributed by atoms with Crippen LogP contribution in [0, 0.1) is 11.3 Å². The van der Waals surface area contributed by atoms with Gasteiger partial charge in [-0.15, -0.1) is 0 Å². The fourth-order valence-corrected chi connectivity index (χ4v) is 4.11. The van der Waals surface area contributed by atoms with Gasteiger partial charge in [-0.25, -0.2) is 0 Å². The largest absolute Gasteiger partial charge is 0.385 e. The molecule has 7 nitrogen and oxygen atoms in total. The third kappa shape index (κ3) is 7.30. The topological polar surface area (TPSA) is 92.0 Å². The molecule has 2 fully saturated rings. The summed E-state index contributed by atoms with van der Waals surface area (Å²) in [6, 6.07) is 0. The van der Waals surface area contributed by atoms with Crippen LogP contribution in [0.1, 0.15) is 51.4 Å². The van der Waals surface area contributed by atoms with Crippen LogP contribution in [0.2, 0.25) is 0 Å². The molecule has 27 heavy (non-hydrogen) atoms. The van der Waals surface area contributed by atoms with Gasteiger partial charge in [0.15, 0.2) is 5.96 Å². The van der Waals surface area contributed by atoms with Crippen molar-refractivity contribution in [1.82, 2.24) is 15.5 Å². The Balaban J connectivity index is 1.54. The van der Waals surface area contributed by atoms with Crippen LogP contribution in [0.3, 0.4) is 0 Å². The zero-order valence-electron chi connectivity index (χ0n) is 17.3. The van der Waals surface area contributed by atoms with Gasteiger partial charge in [-0.1, -0.05) is 6.42 Å². The van der Waals surface area contributed by atoms with E-state index in [9.17, 15) is 4.79 Å². The number of methoxy groups -OCH3 is 1. The summed E-state index contributed by atoms with van der Waals surface area (Å²) in [5, 5.41) is 6.94. The highest BCUT2D eigenvalue weighted by atomic mass is 16.5. The zero-order valence-corrected chi connectivity index (χ0v) is 17.3. The molecule has 7 heteroatoms. The predicted molar refractivity (Wildman–Crippen MR) is 110 cm³/mol. The van der Waals surface area contributed by atoms with Gasteiger partial charge in [-0.05, 0) is 70.0 Å². The third-order valence-electron chi connectivity index (χ3n) is 6.29. The number of nitrogens with one attached hydrogen (secondary N) is 2. The van der Waals surface area contributed by atoms with Gasteiger partial charge in [-0.3, -0.25) is 9.79 Å². The molecule has 1 aliphatic carbocycles. The smallest absolute Gasteiger partial charge is 0.220 e. The highest BCUT2D eigenvalue weighted by Crippen LogP contribution is 2.43. The number of piperidine rings is 1. The third-order valence-corrected chi connectivity index (χ3v) is 6.29. The first-order valence-electron chi connectivity index (χ1n) is 10.5. The molecule has 1 saturated carbocycles. The normalized spacial score (nSPS) is 20.9. The molecule has 0 aromatic heterocycles. The second kappa shape index (κ2) is 11.5. The Labute approximate surface area is 164 Å². The monoisotopic (exact) mass is 381 g/mol. The van der Waals surface area contributed by atoms with Crippen LogP contribution >= 0.6 is 0 Å². The molecule has 2 rings (SSSR count). The number of hydrogen-bond acceptors (Lipinski definition) is 4. The Bertz CT molecular complexity index is 471. The van der Waals surface area contributed by atoms with Crippen molar-refractivity contribution in [3.8, 4) is 0 Å².